The summed E-state index contributed by atoms with van der Waals surface area (Å²) in [4.78, 5) is 0. The molecule has 0 amide bonds. The molecule has 188 valence electrons. The number of rotatable bonds is 8. The molecule has 0 radical (unpaired) electrons. The Morgan fingerprint density at radius 1 is 1.14 bits per heavy atom. The second-order valence-electron chi connectivity index (χ2n) is 8.29. The first-order valence-corrected chi connectivity index (χ1v) is 12.8. The van der Waals surface area contributed by atoms with Gasteiger partial charge in [-0.25, -0.2) is 13.4 Å². The summed E-state index contributed by atoms with van der Waals surface area (Å²) in [6, 6.07) is 12.0. The SMILES string of the molecule is CCN1N=C(c2cccc(C3(NS(=O)(=O)CC)COC3)c2)CC=C1Oc1ccc(C(F)(F)F)cc1. The molecule has 1 N–H and O–H groups in total. The first-order valence-electron chi connectivity index (χ1n) is 11.2. The number of alkyl halides is 3. The van der Waals surface area contributed by atoms with Crippen LogP contribution in [0.25, 0.3) is 0 Å². The van der Waals surface area contributed by atoms with Gasteiger partial charge in [-0.15, -0.1) is 0 Å². The van der Waals surface area contributed by atoms with Crippen molar-refractivity contribution < 1.29 is 31.1 Å². The third kappa shape index (κ3) is 5.52. The lowest BCUT2D eigenvalue weighted by Gasteiger charge is -2.42. The fourth-order valence-electron chi connectivity index (χ4n) is 3.81. The number of hydrogen-bond donors (Lipinski definition) is 1. The number of sulfonamides is 1. The second kappa shape index (κ2) is 9.63. The number of nitrogens with one attached hydrogen (secondary N) is 1. The molecule has 0 atom stereocenters. The van der Waals surface area contributed by atoms with E-state index in [1.54, 1.807) is 11.9 Å². The Labute approximate surface area is 202 Å². The van der Waals surface area contributed by atoms with Gasteiger partial charge in [0.15, 0.2) is 0 Å². The number of hydrogen-bond acceptors (Lipinski definition) is 6. The Morgan fingerprint density at radius 3 is 2.43 bits per heavy atom. The molecule has 2 aliphatic heterocycles. The lowest BCUT2D eigenvalue weighted by molar-refractivity contribution is -0.137. The van der Waals surface area contributed by atoms with E-state index >= 15 is 0 Å². The Balaban J connectivity index is 1.53. The minimum Gasteiger partial charge on any atom is -0.440 e. The minimum absolute atomic E-state index is 0.0287. The summed E-state index contributed by atoms with van der Waals surface area (Å²) in [5.74, 6) is 0.671. The predicted molar refractivity (Wildman–Crippen MR) is 125 cm³/mol. The van der Waals surface area contributed by atoms with Crippen LogP contribution < -0.4 is 9.46 Å². The van der Waals surface area contributed by atoms with Gasteiger partial charge in [-0.1, -0.05) is 18.2 Å². The van der Waals surface area contributed by atoms with Gasteiger partial charge in [0.25, 0.3) is 0 Å². The third-order valence-corrected chi connectivity index (χ3v) is 7.31. The predicted octanol–water partition coefficient (Wildman–Crippen LogP) is 4.22. The molecule has 11 heteroatoms. The van der Waals surface area contributed by atoms with E-state index in [2.05, 4.69) is 9.82 Å². The van der Waals surface area contributed by atoms with Crippen LogP contribution in [0.3, 0.4) is 0 Å². The Kier molecular flexibility index (Phi) is 6.94. The third-order valence-electron chi connectivity index (χ3n) is 5.85. The summed E-state index contributed by atoms with van der Waals surface area (Å²) >= 11 is 0. The maximum atomic E-state index is 12.8. The Bertz CT molecular complexity index is 1240. The standard InChI is InChI=1S/C24H26F3N3O4S/c1-3-30-22(34-20-10-8-18(9-11-20)24(25,26)27)13-12-21(28-30)17-6-5-7-19(14-17)23(15-33-16-23)29-35(31,32)4-2/h5-11,13-14,29H,3-4,12,15-16H2,1-2H3. The summed E-state index contributed by atoms with van der Waals surface area (Å²) in [6.07, 6.45) is -2.16. The zero-order chi connectivity index (χ0) is 25.3. The van der Waals surface area contributed by atoms with Crippen molar-refractivity contribution in [2.75, 3.05) is 25.5 Å². The van der Waals surface area contributed by atoms with Crippen molar-refractivity contribution in [1.29, 1.82) is 0 Å². The lowest BCUT2D eigenvalue weighted by Crippen LogP contribution is -2.59. The molecule has 35 heavy (non-hydrogen) atoms. The maximum Gasteiger partial charge on any atom is 0.416 e. The van der Waals surface area contributed by atoms with E-state index in [0.717, 1.165) is 29.0 Å². The van der Waals surface area contributed by atoms with Crippen LogP contribution in [0, 0.1) is 0 Å². The van der Waals surface area contributed by atoms with E-state index in [9.17, 15) is 21.6 Å². The van der Waals surface area contributed by atoms with E-state index in [-0.39, 0.29) is 24.7 Å². The molecular formula is C24H26F3N3O4S. The normalized spacial score (nSPS) is 17.9. The average Bonchev–Trinajstić information content (AvgIpc) is 2.81. The number of ether oxygens (including phenoxy) is 2. The van der Waals surface area contributed by atoms with Crippen LogP contribution in [-0.4, -0.2) is 44.6 Å². The first kappa shape index (κ1) is 25.2. The fraction of sp³-hybridized carbons (Fsp3) is 0.375. The van der Waals surface area contributed by atoms with E-state index in [1.807, 2.05) is 37.3 Å². The largest absolute Gasteiger partial charge is 0.440 e. The van der Waals surface area contributed by atoms with Crippen molar-refractivity contribution in [3.63, 3.8) is 0 Å². The zero-order valence-corrected chi connectivity index (χ0v) is 20.1. The topological polar surface area (TPSA) is 80.2 Å². The number of nitrogens with zero attached hydrogens (tertiary/aromatic N) is 2. The van der Waals surface area contributed by atoms with Gasteiger partial charge in [0.1, 0.15) is 11.3 Å². The van der Waals surface area contributed by atoms with Crippen molar-refractivity contribution >= 4 is 15.7 Å². The van der Waals surface area contributed by atoms with Crippen LogP contribution in [0.4, 0.5) is 13.2 Å². The summed E-state index contributed by atoms with van der Waals surface area (Å²) in [5, 5.41) is 6.30. The van der Waals surface area contributed by atoms with Crippen molar-refractivity contribution in [2.24, 2.45) is 5.10 Å². The quantitative estimate of drug-likeness (QED) is 0.577. The molecule has 2 aromatic carbocycles. The van der Waals surface area contributed by atoms with E-state index in [4.69, 9.17) is 9.47 Å². The number of hydrazone groups is 1. The lowest BCUT2D eigenvalue weighted by atomic mass is 9.87. The van der Waals surface area contributed by atoms with E-state index in [1.165, 1.54) is 12.1 Å². The molecule has 0 unspecified atom stereocenters. The van der Waals surface area contributed by atoms with Crippen LogP contribution in [0.1, 0.15) is 37.0 Å². The number of allylic oxidation sites excluding steroid dienone is 1. The summed E-state index contributed by atoms with van der Waals surface area (Å²) < 4.78 is 76.8. The Hall–Kier alpha value is -2.89. The van der Waals surface area contributed by atoms with Crippen molar-refractivity contribution in [3.8, 4) is 5.75 Å². The molecule has 0 bridgehead atoms. The highest BCUT2D eigenvalue weighted by Gasteiger charge is 2.43. The van der Waals surface area contributed by atoms with Crippen molar-refractivity contribution in [3.05, 3.63) is 77.2 Å². The number of benzene rings is 2. The highest BCUT2D eigenvalue weighted by atomic mass is 32.2. The molecule has 7 nitrogen and oxygen atoms in total. The van der Waals surface area contributed by atoms with Gasteiger partial charge >= 0.3 is 6.18 Å². The molecule has 1 saturated heterocycles. The van der Waals surface area contributed by atoms with Crippen LogP contribution in [0.15, 0.2) is 65.6 Å². The van der Waals surface area contributed by atoms with Crippen LogP contribution in [0.5, 0.6) is 5.75 Å². The highest BCUT2D eigenvalue weighted by molar-refractivity contribution is 7.89. The Morgan fingerprint density at radius 2 is 1.86 bits per heavy atom. The first-order chi connectivity index (χ1) is 16.5. The van der Waals surface area contributed by atoms with Gasteiger partial charge in [0, 0.05) is 13.0 Å². The summed E-state index contributed by atoms with van der Waals surface area (Å²) in [6.45, 7) is 4.43. The molecule has 4 rings (SSSR count). The molecule has 0 aromatic heterocycles. The highest BCUT2D eigenvalue weighted by Crippen LogP contribution is 2.33. The fourth-order valence-corrected chi connectivity index (χ4v) is 4.79. The molecule has 0 spiro atoms. The molecule has 1 fully saturated rings. The van der Waals surface area contributed by atoms with Crippen molar-refractivity contribution in [2.45, 2.75) is 32.0 Å². The molecule has 2 aliphatic rings. The van der Waals surface area contributed by atoms with Crippen LogP contribution in [-0.2, 0) is 26.5 Å². The van der Waals surface area contributed by atoms with Gasteiger partial charge in [-0.05, 0) is 61.4 Å². The van der Waals surface area contributed by atoms with Gasteiger partial charge < -0.3 is 9.47 Å². The van der Waals surface area contributed by atoms with Gasteiger partial charge in [0.05, 0.1) is 30.2 Å². The molecule has 0 saturated carbocycles. The summed E-state index contributed by atoms with van der Waals surface area (Å²) in [7, 11) is -3.44. The monoisotopic (exact) mass is 509 g/mol. The zero-order valence-electron chi connectivity index (χ0n) is 19.3. The smallest absolute Gasteiger partial charge is 0.416 e. The maximum absolute atomic E-state index is 12.8. The van der Waals surface area contributed by atoms with E-state index < -0.39 is 27.3 Å². The second-order valence-corrected chi connectivity index (χ2v) is 10.3. The van der Waals surface area contributed by atoms with Gasteiger partial charge in [-0.3, -0.25) is 0 Å². The number of halogens is 3. The van der Waals surface area contributed by atoms with Crippen LogP contribution >= 0.6 is 0 Å². The van der Waals surface area contributed by atoms with Crippen molar-refractivity contribution in [1.82, 2.24) is 9.73 Å². The minimum atomic E-state index is -4.41. The van der Waals surface area contributed by atoms with Crippen LogP contribution in [0.2, 0.25) is 0 Å². The molecular weight excluding hydrogens is 483 g/mol. The molecule has 0 aliphatic carbocycles. The summed E-state index contributed by atoms with van der Waals surface area (Å²) in [5.41, 5.74) is 0.817. The molecule has 2 aromatic rings. The average molecular weight is 510 g/mol. The van der Waals surface area contributed by atoms with E-state index in [0.29, 0.717) is 18.8 Å². The van der Waals surface area contributed by atoms with Gasteiger partial charge in [0.2, 0.25) is 15.9 Å². The molecule has 2 heterocycles. The van der Waals surface area contributed by atoms with Gasteiger partial charge in [-0.2, -0.15) is 23.0 Å².